The van der Waals surface area contributed by atoms with Crippen molar-refractivity contribution >= 4 is 0 Å². The smallest absolute Gasteiger partial charge is 0.189 e. The topological polar surface area (TPSA) is 276 Å². The molecule has 5 saturated heterocycles. The molecule has 9 rings (SSSR count). The number of aliphatic hydroxyl groups is 10. The van der Waals surface area contributed by atoms with Crippen molar-refractivity contribution in [3.8, 4) is 0 Å². The van der Waals surface area contributed by atoms with Gasteiger partial charge in [-0.3, -0.25) is 0 Å². The molecular weight excluding hydrogens is 1040 g/mol. The molecule has 20 unspecified atom stereocenters. The predicted molar refractivity (Wildman–Crippen MR) is 211 cm³/mol. The maximum atomic E-state index is 12.8. The van der Waals surface area contributed by atoms with Crippen molar-refractivity contribution in [1.29, 1.82) is 0 Å². The van der Waals surface area contributed by atoms with Crippen LogP contribution in [0.2, 0.25) is 0 Å². The van der Waals surface area contributed by atoms with Crippen molar-refractivity contribution in [3.63, 3.8) is 0 Å². The Morgan fingerprint density at radius 1 is 0.714 bits per heavy atom. The molecule has 1 spiro atoms. The van der Waals surface area contributed by atoms with E-state index in [1.54, 1.807) is 0 Å². The second-order valence-electron chi connectivity index (χ2n) is 20.8. The third-order valence-electron chi connectivity index (χ3n) is 17.6. The summed E-state index contributed by atoms with van der Waals surface area (Å²) >= 11 is 0. The van der Waals surface area contributed by atoms with E-state index in [0.29, 0.717) is 37.2 Å². The van der Waals surface area contributed by atoms with Gasteiger partial charge in [-0.25, -0.2) is 0 Å². The fraction of sp³-hybridized carbons (Fsp3) is 0.955. The van der Waals surface area contributed by atoms with Crippen LogP contribution < -0.4 is 0 Å². The van der Waals surface area contributed by atoms with Crippen LogP contribution >= 0.6 is 0 Å². The SMILES string of the molecule is CC1OC(OC2C(O)C(CO)OC(OC3CC[C@@]4(C)C(=CCC5C4CC[C@@]4(C)C5CC5O[C@]6(CC[C@@H](C)CO6)[C@@H](C)[C@@]54O)C3)C2OC2OC(O)C(O)C(O)C2O)C(O)C(O)C1O.[Ac]. The molecule has 357 valence electrons. The van der Waals surface area contributed by atoms with Crippen LogP contribution in [-0.2, 0) is 37.9 Å². The Hall–Kier alpha value is 0.462. The number of ether oxygens (including phenoxy) is 8. The zero-order valence-electron chi connectivity index (χ0n) is 36.9. The average molecular weight is 1110 g/mol. The number of aliphatic hydroxyl groups excluding tert-OH is 9. The summed E-state index contributed by atoms with van der Waals surface area (Å²) < 4.78 is 49.3. The number of rotatable bonds is 7. The van der Waals surface area contributed by atoms with E-state index >= 15 is 0 Å². The van der Waals surface area contributed by atoms with E-state index in [1.165, 1.54) is 12.5 Å². The summed E-state index contributed by atoms with van der Waals surface area (Å²) in [5, 5.41) is 108. The quantitative estimate of drug-likeness (QED) is 0.141. The first kappa shape index (κ1) is 49.9. The van der Waals surface area contributed by atoms with Crippen LogP contribution in [0.15, 0.2) is 11.6 Å². The Labute approximate surface area is 404 Å². The summed E-state index contributed by atoms with van der Waals surface area (Å²) in [5.74, 6) is 0.562. The van der Waals surface area contributed by atoms with Crippen LogP contribution in [0.5, 0.6) is 0 Å². The second-order valence-corrected chi connectivity index (χ2v) is 20.8. The summed E-state index contributed by atoms with van der Waals surface area (Å²) in [5.41, 5.74) is -0.224. The predicted octanol–water partition coefficient (Wildman–Crippen LogP) is -0.713. The van der Waals surface area contributed by atoms with E-state index in [2.05, 4.69) is 33.8 Å². The van der Waals surface area contributed by atoms with Crippen LogP contribution in [0.4, 0.5) is 0 Å². The van der Waals surface area contributed by atoms with E-state index in [0.717, 1.165) is 44.9 Å². The van der Waals surface area contributed by atoms with Gasteiger partial charge in [0.15, 0.2) is 30.9 Å². The monoisotopic (exact) mass is 1110 g/mol. The zero-order chi connectivity index (χ0) is 44.4. The molecule has 9 aliphatic rings. The van der Waals surface area contributed by atoms with Crippen LogP contribution in [0.25, 0.3) is 0 Å². The molecule has 0 aromatic rings. The first-order valence-electron chi connectivity index (χ1n) is 23.0. The van der Waals surface area contributed by atoms with Crippen molar-refractivity contribution in [2.24, 2.45) is 40.4 Å². The molecule has 0 bridgehead atoms. The molecule has 0 aromatic heterocycles. The Balaban J connectivity index is 0.00000544. The van der Waals surface area contributed by atoms with Crippen LogP contribution in [0.1, 0.15) is 92.4 Å². The molecule has 10 N–H and O–H groups in total. The van der Waals surface area contributed by atoms with Crippen molar-refractivity contribution in [2.75, 3.05) is 13.2 Å². The molecule has 4 aliphatic carbocycles. The van der Waals surface area contributed by atoms with Crippen LogP contribution in [0, 0.1) is 84.5 Å². The molecule has 5 heterocycles. The maximum Gasteiger partial charge on any atom is 0.189 e. The summed E-state index contributed by atoms with van der Waals surface area (Å²) in [6.45, 7) is 10.3. The molecule has 0 amide bonds. The van der Waals surface area contributed by atoms with Gasteiger partial charge < -0.3 is 89.0 Å². The standard InChI is InChI=1S/C44H70O18.Ac/c1-18-8-13-43(55-17-18)20(3)44(54)27(62-43)15-25-23-7-6-21-14-22(9-11-41(21,4)24(23)10-12-42(25,44)5)57-40-36(60-39-34(52)31(49)32(50)37(53)61-39)35(29(47)26(16-45)58-40)59-38-33(51)30(48)28(46)19(2)56-38;/h6,18-20,22-40,45-54H,7-17H2,1-5H3;/t18-,19?,20-,22?,23?,24?,25?,26?,27?,28?,29?,30?,31?,32?,33?,34?,35?,36?,37?,38?,39?,40?,41+,42+,43-,44-;/m1./s1. The zero-order valence-corrected chi connectivity index (χ0v) is 41.6. The minimum absolute atomic E-state index is 0. The van der Waals surface area contributed by atoms with Gasteiger partial charge in [0.2, 0.25) is 0 Å². The summed E-state index contributed by atoms with van der Waals surface area (Å²) in [6.07, 6.45) is -15.8. The summed E-state index contributed by atoms with van der Waals surface area (Å²) in [7, 11) is 0. The minimum atomic E-state index is -1.97. The number of allylic oxidation sites excluding steroid dienone is 1. The van der Waals surface area contributed by atoms with E-state index in [1.807, 2.05) is 0 Å². The third-order valence-corrected chi connectivity index (χ3v) is 17.6. The normalized spacial score (nSPS) is 57.9. The molecule has 1 radical (unpaired) electrons. The molecule has 63 heavy (non-hydrogen) atoms. The maximum absolute atomic E-state index is 12.8. The number of hydrogen-bond acceptors (Lipinski definition) is 18. The van der Waals surface area contributed by atoms with Crippen molar-refractivity contribution in [2.45, 2.75) is 208 Å². The Bertz CT molecular complexity index is 1650. The van der Waals surface area contributed by atoms with Gasteiger partial charge in [0.05, 0.1) is 31.5 Å². The van der Waals surface area contributed by atoms with Crippen molar-refractivity contribution in [3.05, 3.63) is 11.6 Å². The van der Waals surface area contributed by atoms with Gasteiger partial charge in [-0.1, -0.05) is 39.3 Å². The summed E-state index contributed by atoms with van der Waals surface area (Å²) in [6, 6.07) is 0. The van der Waals surface area contributed by atoms with E-state index in [4.69, 9.17) is 37.9 Å². The van der Waals surface area contributed by atoms with Crippen LogP contribution in [-0.4, -0.2) is 180 Å². The summed E-state index contributed by atoms with van der Waals surface area (Å²) in [4.78, 5) is 0. The molecule has 3 saturated carbocycles. The molecule has 18 nitrogen and oxygen atoms in total. The van der Waals surface area contributed by atoms with Gasteiger partial charge >= 0.3 is 0 Å². The molecule has 0 aromatic carbocycles. The van der Waals surface area contributed by atoms with E-state index in [9.17, 15) is 51.1 Å². The number of fused-ring (bicyclic) bond motifs is 7. The van der Waals surface area contributed by atoms with Crippen molar-refractivity contribution < 1.29 is 133 Å². The molecule has 5 aliphatic heterocycles. The van der Waals surface area contributed by atoms with Crippen LogP contribution in [0.3, 0.4) is 0 Å². The largest absolute Gasteiger partial charge is 0.394 e. The second kappa shape index (κ2) is 18.3. The first-order valence-corrected chi connectivity index (χ1v) is 23.0. The number of hydrogen-bond donors (Lipinski definition) is 10. The third kappa shape index (κ3) is 7.95. The van der Waals surface area contributed by atoms with Gasteiger partial charge in [0.25, 0.3) is 0 Å². The fourth-order valence-corrected chi connectivity index (χ4v) is 13.7. The van der Waals surface area contributed by atoms with E-state index < -0.39 is 116 Å². The van der Waals surface area contributed by atoms with Gasteiger partial charge in [0.1, 0.15) is 66.6 Å². The van der Waals surface area contributed by atoms with Gasteiger partial charge in [-0.05, 0) is 87.4 Å². The fourth-order valence-electron chi connectivity index (χ4n) is 13.7. The Morgan fingerprint density at radius 2 is 1.40 bits per heavy atom. The minimum Gasteiger partial charge on any atom is -0.394 e. The average Bonchev–Trinajstić information content (AvgIpc) is 3.60. The Morgan fingerprint density at radius 3 is 2.08 bits per heavy atom. The van der Waals surface area contributed by atoms with Gasteiger partial charge in [-0.15, -0.1) is 0 Å². The Kier molecular flexibility index (Phi) is 14.5. The molecule has 8 fully saturated rings. The van der Waals surface area contributed by atoms with E-state index in [-0.39, 0.29) is 72.8 Å². The van der Waals surface area contributed by atoms with Crippen molar-refractivity contribution in [1.82, 2.24) is 0 Å². The first-order chi connectivity index (χ1) is 29.3. The molecule has 19 heteroatoms. The van der Waals surface area contributed by atoms with Gasteiger partial charge in [0, 0.05) is 61.8 Å². The molecule has 26 atom stereocenters. The molecular formula is C44H70AcO18. The van der Waals surface area contributed by atoms with Gasteiger partial charge in [-0.2, -0.15) is 0 Å².